The van der Waals surface area contributed by atoms with Gasteiger partial charge < -0.3 is 25.4 Å². The fourth-order valence-electron chi connectivity index (χ4n) is 3.13. The van der Waals surface area contributed by atoms with E-state index in [4.69, 9.17) is 9.84 Å². The Bertz CT molecular complexity index is 690. The summed E-state index contributed by atoms with van der Waals surface area (Å²) in [5.41, 5.74) is 1.21. The van der Waals surface area contributed by atoms with E-state index in [2.05, 4.69) is 10.6 Å². The van der Waals surface area contributed by atoms with Gasteiger partial charge in [0.2, 0.25) is 0 Å². The number of hydrogen-bond donors (Lipinski definition) is 3. The lowest BCUT2D eigenvalue weighted by Crippen LogP contribution is -2.39. The molecule has 1 aromatic carbocycles. The highest BCUT2D eigenvalue weighted by molar-refractivity contribution is 5.92. The number of anilines is 1. The van der Waals surface area contributed by atoms with Crippen LogP contribution in [0.2, 0.25) is 0 Å². The number of carboxylic acid groups (broad SMARTS) is 1. The van der Waals surface area contributed by atoms with Crippen molar-refractivity contribution in [3.05, 3.63) is 29.3 Å². The Kier molecular flexibility index (Phi) is 3.69. The van der Waals surface area contributed by atoms with Crippen LogP contribution < -0.4 is 10.6 Å². The fourth-order valence-corrected chi connectivity index (χ4v) is 3.13. The van der Waals surface area contributed by atoms with Gasteiger partial charge in [0.15, 0.2) is 5.60 Å². The Labute approximate surface area is 132 Å². The number of amides is 3. The van der Waals surface area contributed by atoms with Crippen LogP contribution in [-0.4, -0.2) is 48.2 Å². The smallest absolute Gasteiger partial charge is 0.323 e. The molecule has 0 bridgehead atoms. The van der Waals surface area contributed by atoms with Crippen LogP contribution in [0.5, 0.6) is 0 Å². The molecule has 1 atom stereocenters. The number of urea groups is 1. The molecule has 8 nitrogen and oxygen atoms in total. The number of nitrogens with one attached hydrogen (secondary N) is 2. The summed E-state index contributed by atoms with van der Waals surface area (Å²) in [6, 6.07) is 4.96. The van der Waals surface area contributed by atoms with Gasteiger partial charge in [0.1, 0.15) is 13.3 Å². The first-order valence-corrected chi connectivity index (χ1v) is 7.23. The molecule has 0 saturated carbocycles. The van der Waals surface area contributed by atoms with Crippen molar-refractivity contribution in [1.29, 1.82) is 0 Å². The first-order valence-electron chi connectivity index (χ1n) is 7.23. The monoisotopic (exact) mass is 319 g/mol. The van der Waals surface area contributed by atoms with Crippen molar-refractivity contribution in [2.24, 2.45) is 0 Å². The van der Waals surface area contributed by atoms with Crippen LogP contribution in [0.3, 0.4) is 0 Å². The summed E-state index contributed by atoms with van der Waals surface area (Å²) in [6.07, 6.45) is 1.10. The third-order valence-electron chi connectivity index (χ3n) is 4.20. The van der Waals surface area contributed by atoms with Crippen LogP contribution in [0.25, 0.3) is 0 Å². The van der Waals surface area contributed by atoms with Crippen LogP contribution in [0.15, 0.2) is 18.2 Å². The first-order chi connectivity index (χ1) is 11.0. The first kappa shape index (κ1) is 15.3. The minimum atomic E-state index is -1.09. The number of carbonyl (C=O) groups is 3. The molecule has 1 saturated heterocycles. The number of benzene rings is 1. The second-order valence-corrected chi connectivity index (χ2v) is 5.57. The molecule has 1 aromatic rings. The van der Waals surface area contributed by atoms with Crippen LogP contribution in [0.4, 0.5) is 10.5 Å². The lowest BCUT2D eigenvalue weighted by molar-refractivity contribution is -0.144. The second kappa shape index (κ2) is 5.54. The van der Waals surface area contributed by atoms with Gasteiger partial charge in [0, 0.05) is 12.7 Å². The van der Waals surface area contributed by atoms with E-state index in [1.807, 2.05) is 6.07 Å². The summed E-state index contributed by atoms with van der Waals surface area (Å²) in [4.78, 5) is 36.0. The van der Waals surface area contributed by atoms with Crippen LogP contribution in [0, 0.1) is 0 Å². The zero-order valence-corrected chi connectivity index (χ0v) is 12.6. The van der Waals surface area contributed by atoms with Crippen molar-refractivity contribution in [3.8, 4) is 0 Å². The number of nitrogens with zero attached hydrogens (tertiary/aromatic N) is 1. The predicted molar refractivity (Wildman–Crippen MR) is 79.8 cm³/mol. The number of rotatable bonds is 3. The maximum Gasteiger partial charge on any atom is 0.323 e. The average molecular weight is 319 g/mol. The molecule has 1 heterocycles. The molecule has 1 aliphatic heterocycles. The molecule has 1 spiro atoms. The number of aliphatic carboxylic acids is 1. The minimum Gasteiger partial charge on any atom is -0.480 e. The van der Waals surface area contributed by atoms with Crippen molar-refractivity contribution < 1.29 is 24.2 Å². The maximum atomic E-state index is 12.6. The van der Waals surface area contributed by atoms with Crippen molar-refractivity contribution in [2.45, 2.75) is 18.4 Å². The van der Waals surface area contributed by atoms with Crippen molar-refractivity contribution >= 4 is 23.6 Å². The van der Waals surface area contributed by atoms with Crippen molar-refractivity contribution in [1.82, 2.24) is 10.2 Å². The zero-order chi connectivity index (χ0) is 16.6. The van der Waals surface area contributed by atoms with Crippen LogP contribution in [-0.2, 0) is 26.3 Å². The Balaban J connectivity index is 1.86. The van der Waals surface area contributed by atoms with Gasteiger partial charge in [-0.15, -0.1) is 0 Å². The molecule has 0 unspecified atom stereocenters. The molecule has 122 valence electrons. The predicted octanol–water partition coefficient (Wildman–Crippen LogP) is 0.480. The molecule has 0 aromatic heterocycles. The van der Waals surface area contributed by atoms with Gasteiger partial charge in [0.25, 0.3) is 5.91 Å². The average Bonchev–Trinajstić information content (AvgIpc) is 3.03. The molecular weight excluding hydrogens is 302 g/mol. The molecule has 0 radical (unpaired) electrons. The highest BCUT2D eigenvalue weighted by Crippen LogP contribution is 2.45. The Morgan fingerprint density at radius 1 is 1.43 bits per heavy atom. The van der Waals surface area contributed by atoms with Gasteiger partial charge in [0.05, 0.1) is 0 Å². The third kappa shape index (κ3) is 2.50. The fraction of sp³-hybridized carbons (Fsp3) is 0.400. The van der Waals surface area contributed by atoms with E-state index >= 15 is 0 Å². The SMILES string of the molecule is CNC(=O)Nc1ccc2c(c1)CC[C@@]21OCN(CC(=O)O)C1=O. The number of carboxylic acids is 1. The number of ether oxygens (including phenoxy) is 1. The highest BCUT2D eigenvalue weighted by atomic mass is 16.5. The zero-order valence-electron chi connectivity index (χ0n) is 12.6. The van der Waals surface area contributed by atoms with E-state index in [0.717, 1.165) is 11.1 Å². The number of aryl methyl sites for hydroxylation is 1. The summed E-state index contributed by atoms with van der Waals surface area (Å²) in [6.45, 7) is -0.394. The van der Waals surface area contributed by atoms with Gasteiger partial charge in [-0.2, -0.15) is 0 Å². The molecule has 23 heavy (non-hydrogen) atoms. The molecule has 1 aliphatic carbocycles. The van der Waals surface area contributed by atoms with E-state index in [-0.39, 0.29) is 25.2 Å². The van der Waals surface area contributed by atoms with Gasteiger partial charge in [-0.1, -0.05) is 6.07 Å². The lowest BCUT2D eigenvalue weighted by atomic mass is 9.94. The van der Waals surface area contributed by atoms with Crippen LogP contribution >= 0.6 is 0 Å². The third-order valence-corrected chi connectivity index (χ3v) is 4.20. The van der Waals surface area contributed by atoms with Crippen molar-refractivity contribution in [2.75, 3.05) is 25.6 Å². The largest absolute Gasteiger partial charge is 0.480 e. The summed E-state index contributed by atoms with van der Waals surface area (Å²) >= 11 is 0. The maximum absolute atomic E-state index is 12.6. The quantitative estimate of drug-likeness (QED) is 0.751. The molecular formula is C15H17N3O5. The number of fused-ring (bicyclic) bond motifs is 2. The summed E-state index contributed by atoms with van der Waals surface area (Å²) < 4.78 is 5.71. The highest BCUT2D eigenvalue weighted by Gasteiger charge is 2.53. The molecule has 3 rings (SSSR count). The Morgan fingerprint density at radius 2 is 2.22 bits per heavy atom. The van der Waals surface area contributed by atoms with Gasteiger partial charge in [-0.3, -0.25) is 9.59 Å². The summed E-state index contributed by atoms with van der Waals surface area (Å²) in [5.74, 6) is -1.38. The standard InChI is InChI=1S/C15H17N3O5/c1-16-14(22)17-10-2-3-11-9(6-10)4-5-15(11)13(21)18(8-23-15)7-12(19)20/h2-3,6H,4-5,7-8H2,1H3,(H,19,20)(H2,16,17,22)/t15-/m1/s1. The summed E-state index contributed by atoms with van der Waals surface area (Å²) in [5, 5.41) is 14.0. The lowest BCUT2D eigenvalue weighted by Gasteiger charge is -2.21. The van der Waals surface area contributed by atoms with E-state index in [9.17, 15) is 14.4 Å². The molecule has 2 aliphatic rings. The van der Waals surface area contributed by atoms with Crippen molar-refractivity contribution in [3.63, 3.8) is 0 Å². The van der Waals surface area contributed by atoms with E-state index in [0.29, 0.717) is 18.5 Å². The van der Waals surface area contributed by atoms with Gasteiger partial charge in [-0.25, -0.2) is 4.79 Å². The Hall–Kier alpha value is -2.61. The van der Waals surface area contributed by atoms with Gasteiger partial charge >= 0.3 is 12.0 Å². The second-order valence-electron chi connectivity index (χ2n) is 5.57. The van der Waals surface area contributed by atoms with Crippen LogP contribution in [0.1, 0.15) is 17.5 Å². The number of carbonyl (C=O) groups excluding carboxylic acids is 2. The van der Waals surface area contributed by atoms with Gasteiger partial charge in [-0.05, 0) is 36.1 Å². The minimum absolute atomic E-state index is 0.0250. The van der Waals surface area contributed by atoms with E-state index in [1.54, 1.807) is 12.1 Å². The number of hydrogen-bond acceptors (Lipinski definition) is 4. The normalized spacial score (nSPS) is 22.3. The topological polar surface area (TPSA) is 108 Å². The summed E-state index contributed by atoms with van der Waals surface area (Å²) in [7, 11) is 1.53. The molecule has 3 N–H and O–H groups in total. The molecule has 8 heteroatoms. The molecule has 1 fully saturated rings. The Morgan fingerprint density at radius 3 is 2.91 bits per heavy atom. The van der Waals surface area contributed by atoms with E-state index in [1.165, 1.54) is 11.9 Å². The van der Waals surface area contributed by atoms with E-state index < -0.39 is 11.6 Å². The molecule has 3 amide bonds.